The SMILES string of the molecule is CC(C)N=C1CC(C(=O)NC2(C)CS(=O)(=O)C2)CCC1=C(N)c1cccc(C2(C(F)(F)F)CC2)c1. The molecule has 0 spiro atoms. The molecule has 3 fully saturated rings. The average molecular weight is 512 g/mol. The minimum absolute atomic E-state index is 0.0600. The summed E-state index contributed by atoms with van der Waals surface area (Å²) in [6.07, 6.45) is -2.86. The van der Waals surface area contributed by atoms with Gasteiger partial charge in [0.1, 0.15) is 0 Å². The number of alkyl halides is 3. The van der Waals surface area contributed by atoms with Crippen molar-refractivity contribution in [2.45, 2.75) is 76.0 Å². The summed E-state index contributed by atoms with van der Waals surface area (Å²) >= 11 is 0. The number of amides is 1. The molecule has 35 heavy (non-hydrogen) atoms. The van der Waals surface area contributed by atoms with Crippen molar-refractivity contribution in [2.75, 3.05) is 11.5 Å². The number of rotatable bonds is 5. The lowest BCUT2D eigenvalue weighted by Crippen LogP contribution is -2.64. The van der Waals surface area contributed by atoms with E-state index in [0.717, 1.165) is 5.57 Å². The molecule has 1 atom stereocenters. The third-order valence-corrected chi connectivity index (χ3v) is 9.32. The van der Waals surface area contributed by atoms with Gasteiger partial charge in [-0.25, -0.2) is 8.42 Å². The molecular weight excluding hydrogens is 479 g/mol. The number of sulfone groups is 1. The topological polar surface area (TPSA) is 102 Å². The summed E-state index contributed by atoms with van der Waals surface area (Å²) in [5.41, 5.74) is 6.55. The number of carbonyl (C=O) groups is 1. The molecule has 1 unspecified atom stereocenters. The van der Waals surface area contributed by atoms with Gasteiger partial charge in [-0.2, -0.15) is 13.2 Å². The van der Waals surface area contributed by atoms with Crippen LogP contribution in [0.25, 0.3) is 5.70 Å². The maximum atomic E-state index is 13.6. The molecule has 10 heteroatoms. The number of nitrogens with one attached hydrogen (secondary N) is 1. The Balaban J connectivity index is 1.58. The fraction of sp³-hybridized carbons (Fsp3) is 0.600. The molecule has 2 saturated carbocycles. The summed E-state index contributed by atoms with van der Waals surface area (Å²) < 4.78 is 64.1. The molecule has 0 aromatic heterocycles. The Kier molecular flexibility index (Phi) is 6.35. The third-order valence-electron chi connectivity index (χ3n) is 7.16. The first-order valence-electron chi connectivity index (χ1n) is 11.9. The zero-order valence-corrected chi connectivity index (χ0v) is 21.0. The van der Waals surface area contributed by atoms with E-state index in [9.17, 15) is 26.4 Å². The summed E-state index contributed by atoms with van der Waals surface area (Å²) in [4.78, 5) is 17.6. The lowest BCUT2D eigenvalue weighted by molar-refractivity contribution is -0.160. The maximum Gasteiger partial charge on any atom is 0.398 e. The Bertz CT molecular complexity index is 1190. The minimum Gasteiger partial charge on any atom is -0.398 e. The normalized spacial score (nSPS) is 27.3. The van der Waals surface area contributed by atoms with Crippen molar-refractivity contribution in [3.05, 3.63) is 41.0 Å². The molecule has 6 nitrogen and oxygen atoms in total. The highest BCUT2D eigenvalue weighted by Gasteiger charge is 2.64. The van der Waals surface area contributed by atoms with E-state index in [1.54, 1.807) is 19.1 Å². The van der Waals surface area contributed by atoms with Crippen LogP contribution in [0.1, 0.15) is 64.0 Å². The van der Waals surface area contributed by atoms with Crippen LogP contribution in [0.3, 0.4) is 0 Å². The molecule has 1 aromatic carbocycles. The minimum atomic E-state index is -4.31. The molecule has 1 aromatic rings. The highest BCUT2D eigenvalue weighted by molar-refractivity contribution is 7.93. The van der Waals surface area contributed by atoms with E-state index in [0.29, 0.717) is 36.2 Å². The Morgan fingerprint density at radius 3 is 2.43 bits per heavy atom. The van der Waals surface area contributed by atoms with Gasteiger partial charge in [0, 0.05) is 29.8 Å². The number of hydrogen-bond donors (Lipinski definition) is 2. The Labute approximate surface area is 204 Å². The number of carbonyl (C=O) groups excluding carboxylic acids is 1. The van der Waals surface area contributed by atoms with Crippen molar-refractivity contribution in [1.82, 2.24) is 5.32 Å². The summed E-state index contributed by atoms with van der Waals surface area (Å²) in [5.74, 6) is -0.729. The van der Waals surface area contributed by atoms with Crippen molar-refractivity contribution in [1.29, 1.82) is 0 Å². The van der Waals surface area contributed by atoms with Gasteiger partial charge in [0.15, 0.2) is 9.84 Å². The smallest absolute Gasteiger partial charge is 0.398 e. The lowest BCUT2D eigenvalue weighted by Gasteiger charge is -2.40. The number of halogens is 3. The highest BCUT2D eigenvalue weighted by Crippen LogP contribution is 2.59. The van der Waals surface area contributed by atoms with E-state index < -0.39 is 27.0 Å². The monoisotopic (exact) mass is 511 g/mol. The van der Waals surface area contributed by atoms with E-state index >= 15 is 0 Å². The molecule has 3 N–H and O–H groups in total. The van der Waals surface area contributed by atoms with Gasteiger partial charge in [-0.3, -0.25) is 9.79 Å². The summed E-state index contributed by atoms with van der Waals surface area (Å²) in [6.45, 7) is 5.54. The first-order valence-corrected chi connectivity index (χ1v) is 13.7. The van der Waals surface area contributed by atoms with E-state index in [1.807, 2.05) is 13.8 Å². The average Bonchev–Trinajstić information content (AvgIpc) is 3.53. The van der Waals surface area contributed by atoms with Gasteiger partial charge in [0.25, 0.3) is 0 Å². The van der Waals surface area contributed by atoms with Crippen LogP contribution in [0.15, 0.2) is 34.8 Å². The van der Waals surface area contributed by atoms with Crippen LogP contribution in [0, 0.1) is 5.92 Å². The zero-order valence-electron chi connectivity index (χ0n) is 20.2. The Morgan fingerprint density at radius 1 is 1.23 bits per heavy atom. The van der Waals surface area contributed by atoms with Crippen molar-refractivity contribution in [3.63, 3.8) is 0 Å². The number of aliphatic imine (C=N–C) groups is 1. The molecule has 4 rings (SSSR count). The standard InChI is InChI=1S/C25H32F3N3O3S/c1-15(2)30-20-12-17(22(32)31-23(3)13-35(33,34)14-23)7-8-19(20)21(29)16-5-4-6-18(11-16)24(9-10-24)25(26,27)28/h4-6,11,15,17H,7-10,12-14,29H2,1-3H3,(H,31,32). The van der Waals surface area contributed by atoms with Crippen LogP contribution in [-0.4, -0.2) is 49.3 Å². The number of hydrogen-bond acceptors (Lipinski definition) is 5. The molecule has 1 aliphatic heterocycles. The Hall–Kier alpha value is -2.36. The van der Waals surface area contributed by atoms with Gasteiger partial charge in [-0.05, 0) is 69.2 Å². The molecule has 3 aliphatic rings. The van der Waals surface area contributed by atoms with Crippen LogP contribution in [-0.2, 0) is 20.0 Å². The molecule has 2 aliphatic carbocycles. The molecule has 0 radical (unpaired) electrons. The summed E-state index contributed by atoms with van der Waals surface area (Å²) in [7, 11) is -3.09. The molecule has 192 valence electrons. The van der Waals surface area contributed by atoms with E-state index in [1.165, 1.54) is 12.1 Å². The van der Waals surface area contributed by atoms with Gasteiger partial charge in [-0.1, -0.05) is 18.2 Å². The molecular formula is C25H32F3N3O3S. The predicted octanol–water partition coefficient (Wildman–Crippen LogP) is 3.90. The Morgan fingerprint density at radius 2 is 1.89 bits per heavy atom. The predicted molar refractivity (Wildman–Crippen MR) is 130 cm³/mol. The zero-order chi connectivity index (χ0) is 25.8. The summed E-state index contributed by atoms with van der Waals surface area (Å²) in [5, 5.41) is 2.89. The quantitative estimate of drug-likeness (QED) is 0.626. The number of allylic oxidation sites excluding steroid dienone is 1. The van der Waals surface area contributed by atoms with Crippen LogP contribution in [0.4, 0.5) is 13.2 Å². The second-order valence-electron chi connectivity index (χ2n) is 10.7. The first kappa shape index (κ1) is 25.7. The van der Waals surface area contributed by atoms with Gasteiger partial charge < -0.3 is 11.1 Å². The van der Waals surface area contributed by atoms with Crippen molar-refractivity contribution in [3.8, 4) is 0 Å². The van der Waals surface area contributed by atoms with E-state index in [4.69, 9.17) is 10.7 Å². The highest BCUT2D eigenvalue weighted by atomic mass is 32.2. The van der Waals surface area contributed by atoms with Crippen LogP contribution >= 0.6 is 0 Å². The number of benzene rings is 1. The number of nitrogens with two attached hydrogens (primary N) is 1. The third kappa shape index (κ3) is 5.13. The second kappa shape index (κ2) is 8.64. The fourth-order valence-electron chi connectivity index (χ4n) is 5.30. The van der Waals surface area contributed by atoms with Gasteiger partial charge in [0.2, 0.25) is 5.91 Å². The number of nitrogens with zero attached hydrogens (tertiary/aromatic N) is 1. The first-order chi connectivity index (χ1) is 16.1. The van der Waals surface area contributed by atoms with Crippen LogP contribution in [0.5, 0.6) is 0 Å². The van der Waals surface area contributed by atoms with Crippen molar-refractivity contribution >= 4 is 27.2 Å². The largest absolute Gasteiger partial charge is 0.398 e. The molecule has 1 amide bonds. The van der Waals surface area contributed by atoms with Crippen molar-refractivity contribution < 1.29 is 26.4 Å². The second-order valence-corrected chi connectivity index (χ2v) is 12.8. The molecule has 1 heterocycles. The van der Waals surface area contributed by atoms with Gasteiger partial charge in [-0.15, -0.1) is 0 Å². The fourth-order valence-corrected chi connectivity index (χ4v) is 7.30. The molecule has 0 bridgehead atoms. The van der Waals surface area contributed by atoms with Crippen LogP contribution in [0.2, 0.25) is 0 Å². The lowest BCUT2D eigenvalue weighted by atomic mass is 9.81. The maximum absolute atomic E-state index is 13.6. The molecule has 1 saturated heterocycles. The van der Waals surface area contributed by atoms with E-state index in [2.05, 4.69) is 5.32 Å². The van der Waals surface area contributed by atoms with Gasteiger partial charge in [0.05, 0.1) is 22.5 Å². The van der Waals surface area contributed by atoms with Crippen LogP contribution < -0.4 is 11.1 Å². The van der Waals surface area contributed by atoms with Gasteiger partial charge >= 0.3 is 6.18 Å². The van der Waals surface area contributed by atoms with E-state index in [-0.39, 0.29) is 47.8 Å². The van der Waals surface area contributed by atoms with Crippen molar-refractivity contribution in [2.24, 2.45) is 16.6 Å². The summed E-state index contributed by atoms with van der Waals surface area (Å²) in [6, 6.07) is 6.30.